The van der Waals surface area contributed by atoms with Crippen molar-refractivity contribution in [1.29, 1.82) is 0 Å². The minimum atomic E-state index is 0.0702. The lowest BCUT2D eigenvalue weighted by Crippen LogP contribution is -2.47. The van der Waals surface area contributed by atoms with E-state index in [4.69, 9.17) is 0 Å². The molecular weight excluding hydrogens is 314 g/mol. The fourth-order valence-electron chi connectivity index (χ4n) is 5.31. The zero-order valence-electron chi connectivity index (χ0n) is 15.4. The molecular formula is C19H31N5O. The van der Waals surface area contributed by atoms with Crippen molar-refractivity contribution in [2.75, 3.05) is 6.54 Å². The number of likely N-dealkylation sites (tertiary alicyclic amines) is 1. The van der Waals surface area contributed by atoms with Crippen LogP contribution >= 0.6 is 0 Å². The molecule has 25 heavy (non-hydrogen) atoms. The first-order valence-electron chi connectivity index (χ1n) is 10.1. The van der Waals surface area contributed by atoms with Crippen LogP contribution in [0.25, 0.3) is 0 Å². The number of nitrogens with one attached hydrogen (secondary N) is 1. The number of carbonyl (C=O) groups is 1. The van der Waals surface area contributed by atoms with Crippen molar-refractivity contribution in [3.8, 4) is 0 Å². The molecule has 4 rings (SSSR count). The van der Waals surface area contributed by atoms with E-state index in [1.807, 2.05) is 16.5 Å². The molecule has 1 saturated heterocycles. The van der Waals surface area contributed by atoms with E-state index >= 15 is 0 Å². The van der Waals surface area contributed by atoms with E-state index in [9.17, 15) is 4.79 Å². The second kappa shape index (κ2) is 6.96. The third-order valence-electron chi connectivity index (χ3n) is 6.85. The highest BCUT2D eigenvalue weighted by atomic mass is 16.2. The van der Waals surface area contributed by atoms with Crippen LogP contribution in [0.3, 0.4) is 0 Å². The van der Waals surface area contributed by atoms with Gasteiger partial charge in [0.15, 0.2) is 5.82 Å². The number of hydrogen-bond acceptors (Lipinski definition) is 3. The summed E-state index contributed by atoms with van der Waals surface area (Å²) in [5.41, 5.74) is 0.605. The summed E-state index contributed by atoms with van der Waals surface area (Å²) >= 11 is 0. The number of urea groups is 1. The largest absolute Gasteiger partial charge is 0.335 e. The Morgan fingerprint density at radius 1 is 1.12 bits per heavy atom. The minimum absolute atomic E-state index is 0.0702. The molecule has 6 heteroatoms. The third kappa shape index (κ3) is 3.40. The van der Waals surface area contributed by atoms with Crippen LogP contribution in [-0.4, -0.2) is 38.3 Å². The quantitative estimate of drug-likeness (QED) is 0.891. The Morgan fingerprint density at radius 2 is 1.88 bits per heavy atom. The Balaban J connectivity index is 1.34. The van der Waals surface area contributed by atoms with Crippen LogP contribution in [0.1, 0.15) is 82.5 Å². The molecule has 2 aliphatic carbocycles. The molecule has 1 atom stereocenters. The van der Waals surface area contributed by atoms with Gasteiger partial charge in [0, 0.05) is 19.6 Å². The molecule has 0 bridgehead atoms. The van der Waals surface area contributed by atoms with Gasteiger partial charge in [0.1, 0.15) is 6.33 Å². The van der Waals surface area contributed by atoms with Crippen LogP contribution in [0.2, 0.25) is 0 Å². The van der Waals surface area contributed by atoms with E-state index < -0.39 is 0 Å². The molecule has 0 unspecified atom stereocenters. The lowest BCUT2D eigenvalue weighted by Gasteiger charge is -2.43. The van der Waals surface area contributed by atoms with Crippen molar-refractivity contribution in [2.45, 2.75) is 82.7 Å². The predicted molar refractivity (Wildman–Crippen MR) is 96.0 cm³/mol. The molecule has 0 aromatic carbocycles. The van der Waals surface area contributed by atoms with Crippen molar-refractivity contribution >= 4 is 6.03 Å². The maximum absolute atomic E-state index is 12.9. The summed E-state index contributed by atoms with van der Waals surface area (Å²) in [6.45, 7) is 0.819. The first kappa shape index (κ1) is 16.9. The first-order chi connectivity index (χ1) is 12.2. The van der Waals surface area contributed by atoms with Gasteiger partial charge in [0.05, 0.1) is 6.04 Å². The van der Waals surface area contributed by atoms with Gasteiger partial charge in [-0.25, -0.2) is 4.79 Å². The number of aryl methyl sites for hydroxylation is 1. The standard InChI is InChI=1S/C19H31N5O/c1-23-14-20-22-17(23)16-6-5-13-24(16)18(25)21-15-7-11-19(12-8-15)9-3-2-4-10-19/h14-16H,2-13H2,1H3,(H,21,25)/t16-/m1/s1. The summed E-state index contributed by atoms with van der Waals surface area (Å²) in [5.74, 6) is 0.900. The summed E-state index contributed by atoms with van der Waals surface area (Å²) < 4.78 is 1.93. The number of rotatable bonds is 2. The number of aromatic nitrogens is 3. The fraction of sp³-hybridized carbons (Fsp3) is 0.842. The molecule has 1 spiro atoms. The monoisotopic (exact) mass is 345 g/mol. The Labute approximate surface area is 150 Å². The summed E-state index contributed by atoms with van der Waals surface area (Å²) in [5, 5.41) is 11.5. The molecule has 2 heterocycles. The Morgan fingerprint density at radius 3 is 2.56 bits per heavy atom. The molecule has 1 aliphatic heterocycles. The summed E-state index contributed by atoms with van der Waals surface area (Å²) in [6.07, 6.45) is 15.7. The van der Waals surface area contributed by atoms with Gasteiger partial charge in [-0.05, 0) is 56.8 Å². The number of amides is 2. The topological polar surface area (TPSA) is 63.1 Å². The molecule has 1 aromatic heterocycles. The predicted octanol–water partition coefficient (Wildman–Crippen LogP) is 3.55. The second-order valence-corrected chi connectivity index (χ2v) is 8.44. The molecule has 6 nitrogen and oxygen atoms in total. The molecule has 2 saturated carbocycles. The van der Waals surface area contributed by atoms with Crippen LogP contribution in [-0.2, 0) is 7.05 Å². The van der Waals surface area contributed by atoms with E-state index in [2.05, 4.69) is 15.5 Å². The maximum atomic E-state index is 12.9. The zero-order valence-corrected chi connectivity index (χ0v) is 15.4. The van der Waals surface area contributed by atoms with Crippen LogP contribution in [0.15, 0.2) is 6.33 Å². The van der Waals surface area contributed by atoms with Crippen molar-refractivity contribution in [3.05, 3.63) is 12.2 Å². The summed E-state index contributed by atoms with van der Waals surface area (Å²) in [4.78, 5) is 14.8. The average Bonchev–Trinajstić information content (AvgIpc) is 3.26. The Hall–Kier alpha value is -1.59. The van der Waals surface area contributed by atoms with E-state index in [-0.39, 0.29) is 12.1 Å². The van der Waals surface area contributed by atoms with E-state index in [1.165, 1.54) is 44.9 Å². The SMILES string of the molecule is Cn1cnnc1[C@H]1CCCN1C(=O)NC1CCC2(CCCCC2)CC1. The lowest BCUT2D eigenvalue weighted by atomic mass is 9.64. The van der Waals surface area contributed by atoms with Gasteiger partial charge in [0.25, 0.3) is 0 Å². The van der Waals surface area contributed by atoms with Crippen molar-refractivity contribution in [3.63, 3.8) is 0 Å². The van der Waals surface area contributed by atoms with Crippen LogP contribution in [0, 0.1) is 5.41 Å². The van der Waals surface area contributed by atoms with Crippen molar-refractivity contribution in [1.82, 2.24) is 25.0 Å². The fourth-order valence-corrected chi connectivity index (χ4v) is 5.31. The van der Waals surface area contributed by atoms with Crippen molar-refractivity contribution in [2.24, 2.45) is 12.5 Å². The van der Waals surface area contributed by atoms with Gasteiger partial charge in [0.2, 0.25) is 0 Å². The molecule has 0 radical (unpaired) electrons. The molecule has 1 N–H and O–H groups in total. The van der Waals surface area contributed by atoms with E-state index in [0.717, 1.165) is 38.1 Å². The molecule has 3 aliphatic rings. The van der Waals surface area contributed by atoms with E-state index in [1.54, 1.807) is 6.33 Å². The minimum Gasteiger partial charge on any atom is -0.335 e. The molecule has 3 fully saturated rings. The van der Waals surface area contributed by atoms with Gasteiger partial charge in [-0.3, -0.25) is 0 Å². The number of carbonyl (C=O) groups excluding carboxylic acids is 1. The highest BCUT2D eigenvalue weighted by Crippen LogP contribution is 2.47. The van der Waals surface area contributed by atoms with E-state index in [0.29, 0.717) is 11.5 Å². The van der Waals surface area contributed by atoms with Gasteiger partial charge >= 0.3 is 6.03 Å². The summed E-state index contributed by atoms with van der Waals surface area (Å²) in [7, 11) is 1.95. The Kier molecular flexibility index (Phi) is 4.69. The highest BCUT2D eigenvalue weighted by molar-refractivity contribution is 5.75. The second-order valence-electron chi connectivity index (χ2n) is 8.44. The number of hydrogen-bond donors (Lipinski definition) is 1. The molecule has 138 valence electrons. The molecule has 1 aromatic rings. The van der Waals surface area contributed by atoms with Gasteiger partial charge in [-0.2, -0.15) is 0 Å². The lowest BCUT2D eigenvalue weighted by molar-refractivity contribution is 0.105. The molecule has 2 amide bonds. The third-order valence-corrected chi connectivity index (χ3v) is 6.85. The van der Waals surface area contributed by atoms with Gasteiger partial charge in [-0.1, -0.05) is 19.3 Å². The highest BCUT2D eigenvalue weighted by Gasteiger charge is 2.38. The zero-order chi connectivity index (χ0) is 17.3. The summed E-state index contributed by atoms with van der Waals surface area (Å²) in [6, 6.07) is 0.511. The maximum Gasteiger partial charge on any atom is 0.318 e. The van der Waals surface area contributed by atoms with Crippen LogP contribution in [0.4, 0.5) is 4.79 Å². The van der Waals surface area contributed by atoms with Crippen LogP contribution < -0.4 is 5.32 Å². The Bertz CT molecular complexity index is 597. The first-order valence-corrected chi connectivity index (χ1v) is 10.1. The van der Waals surface area contributed by atoms with Crippen LogP contribution in [0.5, 0.6) is 0 Å². The number of nitrogens with zero attached hydrogens (tertiary/aromatic N) is 4. The smallest absolute Gasteiger partial charge is 0.318 e. The van der Waals surface area contributed by atoms with Gasteiger partial charge < -0.3 is 14.8 Å². The normalized spacial score (nSPS) is 26.9. The van der Waals surface area contributed by atoms with Crippen molar-refractivity contribution < 1.29 is 4.79 Å². The van der Waals surface area contributed by atoms with Gasteiger partial charge in [-0.15, -0.1) is 10.2 Å². The average molecular weight is 345 g/mol.